The number of amides is 2. The van der Waals surface area contributed by atoms with Gasteiger partial charge in [0.2, 0.25) is 0 Å². The molecule has 0 saturated carbocycles. The van der Waals surface area contributed by atoms with E-state index in [1.807, 2.05) is 17.1 Å². The molecule has 1 aliphatic heterocycles. The second kappa shape index (κ2) is 5.02. The monoisotopic (exact) mass is 288 g/mol. The molecule has 0 spiro atoms. The van der Waals surface area contributed by atoms with Gasteiger partial charge in [-0.2, -0.15) is 0 Å². The number of rotatable bonds is 2. The highest BCUT2D eigenvalue weighted by atomic mass is 35.5. The standard InChI is InChI=1S/C14H13ClN4O/c15-11-3-4-13-10(8-11)5-7-18(13)19(14(16)20)12-2-1-6-17-9-12/h1-4,6,8-9H,5,7H2,(H2,16,20). The lowest BCUT2D eigenvalue weighted by atomic mass is 10.2. The van der Waals surface area contributed by atoms with E-state index in [0.717, 1.165) is 17.7 Å². The number of carbonyl (C=O) groups is 1. The summed E-state index contributed by atoms with van der Waals surface area (Å²) in [5.74, 6) is 0. The zero-order chi connectivity index (χ0) is 14.1. The molecule has 1 aliphatic rings. The molecule has 0 unspecified atom stereocenters. The van der Waals surface area contributed by atoms with Crippen LogP contribution >= 0.6 is 11.6 Å². The van der Waals surface area contributed by atoms with Crippen molar-refractivity contribution in [3.63, 3.8) is 0 Å². The van der Waals surface area contributed by atoms with Gasteiger partial charge >= 0.3 is 6.03 Å². The molecule has 3 rings (SSSR count). The minimum Gasteiger partial charge on any atom is -0.350 e. The quantitative estimate of drug-likeness (QED) is 0.924. The van der Waals surface area contributed by atoms with Gasteiger partial charge < -0.3 is 5.73 Å². The first-order valence-electron chi connectivity index (χ1n) is 6.22. The Balaban J connectivity index is 2.02. The van der Waals surface area contributed by atoms with Crippen molar-refractivity contribution < 1.29 is 4.79 Å². The topological polar surface area (TPSA) is 62.5 Å². The Kier molecular flexibility index (Phi) is 3.20. The molecule has 0 atom stereocenters. The third kappa shape index (κ3) is 2.16. The summed E-state index contributed by atoms with van der Waals surface area (Å²) in [6, 6.07) is 8.65. The Hall–Kier alpha value is -2.27. The fourth-order valence-electron chi connectivity index (χ4n) is 2.43. The van der Waals surface area contributed by atoms with Crippen LogP contribution in [0.4, 0.5) is 16.2 Å². The molecule has 1 aromatic carbocycles. The second-order valence-electron chi connectivity index (χ2n) is 4.51. The number of hydrogen-bond acceptors (Lipinski definition) is 3. The number of hydrazine groups is 1. The van der Waals surface area contributed by atoms with Crippen LogP contribution in [0.2, 0.25) is 5.02 Å². The number of benzene rings is 1. The van der Waals surface area contributed by atoms with Crippen LogP contribution in [0, 0.1) is 0 Å². The summed E-state index contributed by atoms with van der Waals surface area (Å²) < 4.78 is 0. The van der Waals surface area contributed by atoms with Crippen LogP contribution in [0.15, 0.2) is 42.7 Å². The van der Waals surface area contributed by atoms with Crippen LogP contribution in [0.25, 0.3) is 0 Å². The molecule has 2 N–H and O–H groups in total. The molecule has 2 aromatic rings. The summed E-state index contributed by atoms with van der Waals surface area (Å²) in [6.07, 6.45) is 4.08. The summed E-state index contributed by atoms with van der Waals surface area (Å²) in [5.41, 5.74) is 8.21. The van der Waals surface area contributed by atoms with Crippen molar-refractivity contribution in [3.8, 4) is 0 Å². The highest BCUT2D eigenvalue weighted by molar-refractivity contribution is 6.30. The third-order valence-corrected chi connectivity index (χ3v) is 3.49. The first-order valence-corrected chi connectivity index (χ1v) is 6.60. The number of carbonyl (C=O) groups excluding carboxylic acids is 1. The largest absolute Gasteiger partial charge is 0.350 e. The molecule has 5 nitrogen and oxygen atoms in total. The minimum absolute atomic E-state index is 0.541. The lowest BCUT2D eigenvalue weighted by Crippen LogP contribution is -2.49. The van der Waals surface area contributed by atoms with Gasteiger partial charge in [0.25, 0.3) is 0 Å². The molecule has 2 heterocycles. The summed E-state index contributed by atoms with van der Waals surface area (Å²) >= 11 is 6.00. The Morgan fingerprint density at radius 2 is 2.25 bits per heavy atom. The molecule has 102 valence electrons. The maximum atomic E-state index is 11.8. The number of nitrogens with zero attached hydrogens (tertiary/aromatic N) is 3. The van der Waals surface area contributed by atoms with Gasteiger partial charge in [-0.25, -0.2) is 9.80 Å². The van der Waals surface area contributed by atoms with Gasteiger partial charge in [0.1, 0.15) is 0 Å². The summed E-state index contributed by atoms with van der Waals surface area (Å²) in [4.78, 5) is 15.8. The van der Waals surface area contributed by atoms with Gasteiger partial charge in [-0.1, -0.05) is 11.6 Å². The van der Waals surface area contributed by atoms with Crippen LogP contribution in [-0.4, -0.2) is 17.6 Å². The van der Waals surface area contributed by atoms with Crippen LogP contribution in [0.1, 0.15) is 5.56 Å². The van der Waals surface area contributed by atoms with Crippen LogP contribution in [0.5, 0.6) is 0 Å². The predicted octanol–water partition coefficient (Wildman–Crippen LogP) is 2.60. The van der Waals surface area contributed by atoms with E-state index in [1.165, 1.54) is 5.01 Å². The Morgan fingerprint density at radius 1 is 1.40 bits per heavy atom. The molecule has 2 amide bonds. The van der Waals surface area contributed by atoms with E-state index in [1.54, 1.807) is 30.6 Å². The van der Waals surface area contributed by atoms with E-state index >= 15 is 0 Å². The van der Waals surface area contributed by atoms with Crippen molar-refractivity contribution in [3.05, 3.63) is 53.3 Å². The number of anilines is 2. The summed E-state index contributed by atoms with van der Waals surface area (Å²) in [7, 11) is 0. The molecule has 0 aliphatic carbocycles. The molecule has 6 heteroatoms. The number of primary amides is 1. The number of halogens is 1. The number of pyridine rings is 1. The molecule has 0 bridgehead atoms. The maximum Gasteiger partial charge on any atom is 0.338 e. The van der Waals surface area contributed by atoms with E-state index in [4.69, 9.17) is 17.3 Å². The normalized spacial score (nSPS) is 13.2. The van der Waals surface area contributed by atoms with Crippen LogP contribution < -0.4 is 15.8 Å². The molecule has 0 fully saturated rings. The van der Waals surface area contributed by atoms with E-state index in [2.05, 4.69) is 4.98 Å². The Bertz CT molecular complexity index is 647. The number of hydrogen-bond donors (Lipinski definition) is 1. The maximum absolute atomic E-state index is 11.8. The van der Waals surface area contributed by atoms with Gasteiger partial charge in [-0.05, 0) is 42.3 Å². The number of urea groups is 1. The number of nitrogens with two attached hydrogens (primary N) is 1. The van der Waals surface area contributed by atoms with Crippen LogP contribution in [-0.2, 0) is 6.42 Å². The fourth-order valence-corrected chi connectivity index (χ4v) is 2.62. The third-order valence-electron chi connectivity index (χ3n) is 3.25. The van der Waals surface area contributed by atoms with Gasteiger partial charge in [0, 0.05) is 17.8 Å². The SMILES string of the molecule is NC(=O)N(c1cccnc1)N1CCc2cc(Cl)ccc21. The van der Waals surface area contributed by atoms with E-state index in [-0.39, 0.29) is 0 Å². The lowest BCUT2D eigenvalue weighted by Gasteiger charge is -2.32. The van der Waals surface area contributed by atoms with Crippen molar-refractivity contribution in [1.29, 1.82) is 0 Å². The smallest absolute Gasteiger partial charge is 0.338 e. The van der Waals surface area contributed by atoms with Crippen molar-refractivity contribution in [2.45, 2.75) is 6.42 Å². The van der Waals surface area contributed by atoms with Gasteiger partial charge in [-0.15, -0.1) is 0 Å². The first kappa shape index (κ1) is 12.7. The van der Waals surface area contributed by atoms with Crippen LogP contribution in [0.3, 0.4) is 0 Å². The number of fused-ring (bicyclic) bond motifs is 1. The Labute approximate surface area is 121 Å². The average molecular weight is 289 g/mol. The second-order valence-corrected chi connectivity index (χ2v) is 4.94. The highest BCUT2D eigenvalue weighted by Crippen LogP contribution is 2.33. The van der Waals surface area contributed by atoms with Gasteiger partial charge in [0.15, 0.2) is 0 Å². The zero-order valence-corrected chi connectivity index (χ0v) is 11.4. The zero-order valence-electron chi connectivity index (χ0n) is 10.7. The predicted molar refractivity (Wildman–Crippen MR) is 78.8 cm³/mol. The number of aromatic nitrogens is 1. The van der Waals surface area contributed by atoms with E-state index < -0.39 is 6.03 Å². The molecule has 20 heavy (non-hydrogen) atoms. The molecular formula is C14H13ClN4O. The van der Waals surface area contributed by atoms with Crippen molar-refractivity contribution >= 4 is 29.0 Å². The molecular weight excluding hydrogens is 276 g/mol. The highest BCUT2D eigenvalue weighted by Gasteiger charge is 2.28. The minimum atomic E-state index is -0.541. The van der Waals surface area contributed by atoms with Gasteiger partial charge in [0.05, 0.1) is 17.6 Å². The lowest BCUT2D eigenvalue weighted by molar-refractivity contribution is 0.253. The van der Waals surface area contributed by atoms with Crippen molar-refractivity contribution in [2.24, 2.45) is 5.73 Å². The van der Waals surface area contributed by atoms with Crippen molar-refractivity contribution in [1.82, 2.24) is 4.98 Å². The van der Waals surface area contributed by atoms with E-state index in [9.17, 15) is 4.79 Å². The first-order chi connectivity index (χ1) is 9.66. The van der Waals surface area contributed by atoms with Crippen molar-refractivity contribution in [2.75, 3.05) is 16.6 Å². The molecule has 0 saturated heterocycles. The molecule has 1 aromatic heterocycles. The summed E-state index contributed by atoms with van der Waals surface area (Å²) in [6.45, 7) is 0.674. The summed E-state index contributed by atoms with van der Waals surface area (Å²) in [5, 5.41) is 3.98. The average Bonchev–Trinajstić information content (AvgIpc) is 2.83. The Morgan fingerprint density at radius 3 is 2.95 bits per heavy atom. The molecule has 0 radical (unpaired) electrons. The van der Waals surface area contributed by atoms with E-state index in [0.29, 0.717) is 17.3 Å². The van der Waals surface area contributed by atoms with Gasteiger partial charge in [-0.3, -0.25) is 9.99 Å². The fraction of sp³-hybridized carbons (Fsp3) is 0.143.